The molecule has 1 aromatic heterocycles. The van der Waals surface area contributed by atoms with Crippen molar-refractivity contribution < 1.29 is 14.6 Å². The molecular formula is C18H28N2O2+2. The lowest BCUT2D eigenvalue weighted by molar-refractivity contribution is -0.868. The predicted molar refractivity (Wildman–Crippen MR) is 89.2 cm³/mol. The molecule has 4 nitrogen and oxygen atoms in total. The molecule has 0 fully saturated rings. The fourth-order valence-corrected chi connectivity index (χ4v) is 3.15. The molecule has 1 aromatic carbocycles. The molecule has 0 amide bonds. The van der Waals surface area contributed by atoms with Gasteiger partial charge < -0.3 is 14.6 Å². The van der Waals surface area contributed by atoms with Gasteiger partial charge in [0.25, 0.3) is 0 Å². The maximum atomic E-state index is 11.7. The minimum absolute atomic E-state index is 0.265. The molecule has 0 aliphatic carbocycles. The second kappa shape index (κ2) is 6.63. The quantitative estimate of drug-likeness (QED) is 0.756. The number of rotatable bonds is 6. The van der Waals surface area contributed by atoms with Gasteiger partial charge in [-0.3, -0.25) is 0 Å². The Bertz CT molecular complexity index is 702. The molecule has 4 heteroatoms. The van der Waals surface area contributed by atoms with E-state index in [9.17, 15) is 4.79 Å². The summed E-state index contributed by atoms with van der Waals surface area (Å²) < 4.78 is 5.31. The molecule has 0 bridgehead atoms. The van der Waals surface area contributed by atoms with Crippen LogP contribution < -0.4 is 15.8 Å². The minimum atomic E-state index is -0.265. The third kappa shape index (κ3) is 4.42. The number of benzene rings is 1. The summed E-state index contributed by atoms with van der Waals surface area (Å²) >= 11 is 0. The number of quaternary nitrogens is 2. The largest absolute Gasteiger partial charge is 0.423 e. The lowest BCUT2D eigenvalue weighted by atomic mass is 9.93. The van der Waals surface area contributed by atoms with Gasteiger partial charge in [-0.25, -0.2) is 4.79 Å². The van der Waals surface area contributed by atoms with Gasteiger partial charge in [0.2, 0.25) is 0 Å². The van der Waals surface area contributed by atoms with E-state index in [1.54, 1.807) is 6.07 Å². The zero-order valence-electron chi connectivity index (χ0n) is 14.3. The number of hydrogen-bond donors (Lipinski definition) is 2. The Hall–Kier alpha value is -1.65. The van der Waals surface area contributed by atoms with Crippen LogP contribution in [0, 0.1) is 12.3 Å². The van der Waals surface area contributed by atoms with Crippen LogP contribution in [-0.4, -0.2) is 27.2 Å². The Morgan fingerprint density at radius 2 is 1.95 bits per heavy atom. The molecule has 120 valence electrons. The van der Waals surface area contributed by atoms with Crippen LogP contribution in [0.5, 0.6) is 0 Å². The van der Waals surface area contributed by atoms with Gasteiger partial charge in [-0.15, -0.1) is 0 Å². The number of hydrogen-bond acceptors (Lipinski definition) is 2. The Morgan fingerprint density at radius 3 is 2.64 bits per heavy atom. The molecule has 0 saturated heterocycles. The van der Waals surface area contributed by atoms with Gasteiger partial charge in [-0.2, -0.15) is 0 Å². The maximum Gasteiger partial charge on any atom is 0.336 e. The topological polar surface area (TPSA) is 51.3 Å². The number of fused-ring (bicyclic) bond motifs is 1. The highest BCUT2D eigenvalue weighted by molar-refractivity contribution is 5.80. The van der Waals surface area contributed by atoms with Crippen LogP contribution in [0.25, 0.3) is 11.0 Å². The fraction of sp³-hybridized carbons (Fsp3) is 0.500. The summed E-state index contributed by atoms with van der Waals surface area (Å²) in [6.07, 6.45) is 0. The molecule has 0 unspecified atom stereocenters. The number of aryl methyl sites for hydroxylation is 1. The van der Waals surface area contributed by atoms with Gasteiger partial charge >= 0.3 is 5.63 Å². The van der Waals surface area contributed by atoms with Crippen molar-refractivity contribution in [1.29, 1.82) is 0 Å². The molecule has 0 saturated carbocycles. The van der Waals surface area contributed by atoms with E-state index in [1.165, 1.54) is 4.90 Å². The maximum absolute atomic E-state index is 11.7. The fourth-order valence-electron chi connectivity index (χ4n) is 3.15. The minimum Gasteiger partial charge on any atom is -0.423 e. The summed E-state index contributed by atoms with van der Waals surface area (Å²) in [5.41, 5.74) is 2.85. The van der Waals surface area contributed by atoms with Gasteiger partial charge in [0, 0.05) is 17.0 Å². The van der Waals surface area contributed by atoms with Crippen molar-refractivity contribution in [3.05, 3.63) is 45.8 Å². The summed E-state index contributed by atoms with van der Waals surface area (Å²) in [7, 11) is 4.36. The monoisotopic (exact) mass is 304 g/mol. The zero-order chi connectivity index (χ0) is 16.3. The highest BCUT2D eigenvalue weighted by Gasteiger charge is 2.23. The van der Waals surface area contributed by atoms with Crippen LogP contribution in [0.3, 0.4) is 0 Å². The van der Waals surface area contributed by atoms with Crippen LogP contribution >= 0.6 is 0 Å². The lowest BCUT2D eigenvalue weighted by Crippen LogP contribution is -3.08. The molecule has 0 aliphatic heterocycles. The average molecular weight is 304 g/mol. The first kappa shape index (κ1) is 16.7. The lowest BCUT2D eigenvalue weighted by Gasteiger charge is -2.24. The third-order valence-corrected chi connectivity index (χ3v) is 3.88. The van der Waals surface area contributed by atoms with Crippen LogP contribution in [0.1, 0.15) is 25.0 Å². The molecule has 22 heavy (non-hydrogen) atoms. The summed E-state index contributed by atoms with van der Waals surface area (Å²) in [6, 6.07) is 7.66. The summed E-state index contributed by atoms with van der Waals surface area (Å²) in [6.45, 7) is 9.54. The van der Waals surface area contributed by atoms with Crippen molar-refractivity contribution in [3.63, 3.8) is 0 Å². The van der Waals surface area contributed by atoms with E-state index in [0.717, 1.165) is 36.1 Å². The first-order valence-corrected chi connectivity index (χ1v) is 7.91. The molecule has 3 N–H and O–H groups in total. The van der Waals surface area contributed by atoms with Gasteiger partial charge in [-0.1, -0.05) is 12.1 Å². The molecule has 0 radical (unpaired) electrons. The van der Waals surface area contributed by atoms with Gasteiger partial charge in [0.05, 0.1) is 32.6 Å². The standard InChI is InChI=1S/C18H26N2O2/c1-13-6-7-15-14(9-17(21)22-16(15)8-13)10-19-11-18(2,3)12-20(4)5/h6-9,19H,10-12H2,1-5H3/p+2. The van der Waals surface area contributed by atoms with E-state index >= 15 is 0 Å². The van der Waals surface area contributed by atoms with Gasteiger partial charge in [0.1, 0.15) is 12.1 Å². The summed E-state index contributed by atoms with van der Waals surface area (Å²) in [5, 5.41) is 3.33. The third-order valence-electron chi connectivity index (χ3n) is 3.88. The van der Waals surface area contributed by atoms with Gasteiger partial charge in [0.15, 0.2) is 0 Å². The van der Waals surface area contributed by atoms with Crippen LogP contribution in [0.2, 0.25) is 0 Å². The zero-order valence-corrected chi connectivity index (χ0v) is 14.3. The molecule has 0 spiro atoms. The molecular weight excluding hydrogens is 276 g/mol. The molecule has 2 aromatic rings. The Kier molecular flexibility index (Phi) is 5.04. The van der Waals surface area contributed by atoms with E-state index in [0.29, 0.717) is 5.58 Å². The van der Waals surface area contributed by atoms with E-state index in [4.69, 9.17) is 4.42 Å². The van der Waals surface area contributed by atoms with Crippen molar-refractivity contribution in [2.75, 3.05) is 27.2 Å². The summed E-state index contributed by atoms with van der Waals surface area (Å²) in [5.74, 6) is 0. The van der Waals surface area contributed by atoms with E-state index in [2.05, 4.69) is 39.3 Å². The highest BCUT2D eigenvalue weighted by atomic mass is 16.4. The second-order valence-electron chi connectivity index (χ2n) is 7.34. The van der Waals surface area contributed by atoms with Crippen molar-refractivity contribution in [2.24, 2.45) is 5.41 Å². The van der Waals surface area contributed by atoms with E-state index < -0.39 is 0 Å². The predicted octanol–water partition coefficient (Wildman–Crippen LogP) is 0.336. The number of nitrogens with two attached hydrogens (primary N) is 1. The number of nitrogens with one attached hydrogen (secondary N) is 1. The summed E-state index contributed by atoms with van der Waals surface area (Å²) in [4.78, 5) is 13.2. The smallest absolute Gasteiger partial charge is 0.336 e. The van der Waals surface area contributed by atoms with Crippen molar-refractivity contribution in [3.8, 4) is 0 Å². The van der Waals surface area contributed by atoms with Crippen LogP contribution in [-0.2, 0) is 6.54 Å². The average Bonchev–Trinajstić information content (AvgIpc) is 2.35. The SMILES string of the molecule is Cc1ccc2c(C[NH2+]CC(C)(C)C[NH+](C)C)cc(=O)oc2c1. The Morgan fingerprint density at radius 1 is 1.23 bits per heavy atom. The normalized spacial score (nSPS) is 12.3. The Balaban J connectivity index is 2.13. The van der Waals surface area contributed by atoms with E-state index in [1.807, 2.05) is 19.1 Å². The molecule has 1 heterocycles. The van der Waals surface area contributed by atoms with Crippen LogP contribution in [0.4, 0.5) is 0 Å². The first-order valence-electron chi connectivity index (χ1n) is 7.91. The second-order valence-corrected chi connectivity index (χ2v) is 7.34. The first-order chi connectivity index (χ1) is 10.3. The molecule has 0 aliphatic rings. The Labute approximate surface area is 132 Å². The van der Waals surface area contributed by atoms with Crippen molar-refractivity contribution in [1.82, 2.24) is 0 Å². The molecule has 0 atom stereocenters. The van der Waals surface area contributed by atoms with Crippen LogP contribution in [0.15, 0.2) is 33.5 Å². The highest BCUT2D eigenvalue weighted by Crippen LogP contribution is 2.17. The van der Waals surface area contributed by atoms with Gasteiger partial charge in [-0.05, 0) is 32.4 Å². The van der Waals surface area contributed by atoms with Crippen molar-refractivity contribution in [2.45, 2.75) is 27.3 Å². The van der Waals surface area contributed by atoms with Crippen molar-refractivity contribution >= 4 is 11.0 Å². The molecule has 2 rings (SSSR count). The van der Waals surface area contributed by atoms with E-state index in [-0.39, 0.29) is 11.0 Å².